The average Bonchev–Trinajstić information content (AvgIpc) is 2.98. The lowest BCUT2D eigenvalue weighted by molar-refractivity contribution is -0.130. The van der Waals surface area contributed by atoms with E-state index in [9.17, 15) is 14.0 Å². The van der Waals surface area contributed by atoms with Gasteiger partial charge in [0.2, 0.25) is 5.91 Å². The number of anilines is 1. The average molecular weight is 444 g/mol. The molecular formula is C23H26FN3O3S. The summed E-state index contributed by atoms with van der Waals surface area (Å²) in [5.41, 5.74) is 1.43. The van der Waals surface area contributed by atoms with Crippen LogP contribution in [0.1, 0.15) is 32.3 Å². The van der Waals surface area contributed by atoms with Gasteiger partial charge < -0.3 is 15.0 Å². The number of carbonyl (C=O) groups excluding carboxylic acids is 2. The Kier molecular flexibility index (Phi) is 7.57. The Hall–Kier alpha value is -3.00. The Balaban J connectivity index is 1.68. The molecule has 1 N–H and O–H groups in total. The Labute approximate surface area is 187 Å². The summed E-state index contributed by atoms with van der Waals surface area (Å²) in [7, 11) is 0. The predicted molar refractivity (Wildman–Crippen MR) is 121 cm³/mol. The van der Waals surface area contributed by atoms with Crippen LogP contribution in [0.5, 0.6) is 5.75 Å². The molecular weight excluding hydrogens is 417 g/mol. The van der Waals surface area contributed by atoms with Crippen molar-refractivity contribution >= 4 is 34.8 Å². The summed E-state index contributed by atoms with van der Waals surface area (Å²) in [6, 6.07) is 12.4. The second-order valence-electron chi connectivity index (χ2n) is 7.26. The van der Waals surface area contributed by atoms with E-state index in [4.69, 9.17) is 17.0 Å². The third-order valence-corrected chi connectivity index (χ3v) is 5.43. The van der Waals surface area contributed by atoms with E-state index in [1.165, 1.54) is 17.0 Å². The van der Waals surface area contributed by atoms with Gasteiger partial charge in [0.25, 0.3) is 5.91 Å². The molecule has 1 saturated heterocycles. The number of nitrogens with one attached hydrogen (secondary N) is 1. The molecule has 1 fully saturated rings. The van der Waals surface area contributed by atoms with E-state index in [1.54, 1.807) is 41.3 Å². The Morgan fingerprint density at radius 3 is 2.42 bits per heavy atom. The molecule has 2 aromatic rings. The van der Waals surface area contributed by atoms with Gasteiger partial charge in [-0.1, -0.05) is 19.1 Å². The minimum Gasteiger partial charge on any atom is -0.494 e. The van der Waals surface area contributed by atoms with Crippen LogP contribution in [0.3, 0.4) is 0 Å². The van der Waals surface area contributed by atoms with Gasteiger partial charge in [0.15, 0.2) is 5.11 Å². The number of ether oxygens (including phenoxy) is 1. The highest BCUT2D eigenvalue weighted by atomic mass is 32.1. The van der Waals surface area contributed by atoms with Crippen LogP contribution in [0.4, 0.5) is 10.1 Å². The molecule has 1 unspecified atom stereocenters. The third-order valence-electron chi connectivity index (χ3n) is 4.98. The van der Waals surface area contributed by atoms with Crippen molar-refractivity contribution in [3.05, 3.63) is 59.9 Å². The molecule has 1 atom stereocenters. The van der Waals surface area contributed by atoms with Crippen LogP contribution in [0.2, 0.25) is 0 Å². The summed E-state index contributed by atoms with van der Waals surface area (Å²) in [5.74, 6) is -0.0835. The smallest absolute Gasteiger partial charge is 0.252 e. The highest BCUT2D eigenvalue weighted by Gasteiger charge is 2.42. The maximum Gasteiger partial charge on any atom is 0.252 e. The van der Waals surface area contributed by atoms with E-state index in [0.717, 1.165) is 17.7 Å². The van der Waals surface area contributed by atoms with Gasteiger partial charge in [0.05, 0.1) is 13.0 Å². The van der Waals surface area contributed by atoms with Gasteiger partial charge in [-0.05, 0) is 67.5 Å². The fourth-order valence-electron chi connectivity index (χ4n) is 3.39. The second-order valence-corrected chi connectivity index (χ2v) is 7.63. The first kappa shape index (κ1) is 22.7. The van der Waals surface area contributed by atoms with Crippen LogP contribution in [-0.2, 0) is 16.1 Å². The highest BCUT2D eigenvalue weighted by molar-refractivity contribution is 7.80. The lowest BCUT2D eigenvalue weighted by Crippen LogP contribution is -2.37. The summed E-state index contributed by atoms with van der Waals surface area (Å²) >= 11 is 5.48. The number of benzene rings is 2. The molecule has 0 bridgehead atoms. The number of hydrogen-bond acceptors (Lipinski definition) is 4. The Morgan fingerprint density at radius 2 is 1.81 bits per heavy atom. The van der Waals surface area contributed by atoms with E-state index >= 15 is 0 Å². The van der Waals surface area contributed by atoms with Crippen LogP contribution < -0.4 is 10.1 Å². The van der Waals surface area contributed by atoms with E-state index in [-0.39, 0.29) is 24.1 Å². The zero-order valence-corrected chi connectivity index (χ0v) is 18.5. The minimum atomic E-state index is -0.704. The SMILES string of the molecule is CCCOc1ccc(NC(=O)CC2C(=O)N(CC)C(=S)N2Cc2ccc(F)cc2)cc1. The lowest BCUT2D eigenvalue weighted by Gasteiger charge is -2.24. The molecule has 2 amide bonds. The van der Waals surface area contributed by atoms with Crippen molar-refractivity contribution < 1.29 is 18.7 Å². The summed E-state index contributed by atoms with van der Waals surface area (Å²) < 4.78 is 18.8. The molecule has 6 nitrogen and oxygen atoms in total. The molecule has 2 aromatic carbocycles. The number of carbonyl (C=O) groups is 2. The van der Waals surface area contributed by atoms with Crippen LogP contribution in [0.15, 0.2) is 48.5 Å². The van der Waals surface area contributed by atoms with Crippen molar-refractivity contribution in [2.45, 2.75) is 39.3 Å². The number of hydrogen-bond donors (Lipinski definition) is 1. The Morgan fingerprint density at radius 1 is 1.13 bits per heavy atom. The molecule has 0 radical (unpaired) electrons. The van der Waals surface area contributed by atoms with Crippen LogP contribution in [0, 0.1) is 5.82 Å². The van der Waals surface area contributed by atoms with E-state index in [1.807, 2.05) is 13.8 Å². The number of rotatable bonds is 9. The third kappa shape index (κ3) is 5.58. The molecule has 31 heavy (non-hydrogen) atoms. The number of amides is 2. The standard InChI is InChI=1S/C23H26FN3O3S/c1-3-13-30-19-11-9-18(10-12-19)25-21(28)14-20-22(29)26(4-2)23(31)27(20)15-16-5-7-17(24)8-6-16/h5-12,20H,3-4,13-15H2,1-2H3,(H,25,28). The van der Waals surface area contributed by atoms with Gasteiger partial charge >= 0.3 is 0 Å². The van der Waals surface area contributed by atoms with Crippen molar-refractivity contribution in [1.82, 2.24) is 9.80 Å². The molecule has 0 saturated carbocycles. The van der Waals surface area contributed by atoms with Gasteiger partial charge in [0, 0.05) is 18.8 Å². The fourth-order valence-corrected chi connectivity index (χ4v) is 3.80. The van der Waals surface area contributed by atoms with Gasteiger partial charge in [-0.2, -0.15) is 0 Å². The van der Waals surface area contributed by atoms with Crippen molar-refractivity contribution in [1.29, 1.82) is 0 Å². The summed E-state index contributed by atoms with van der Waals surface area (Å²) in [5, 5.41) is 3.21. The minimum absolute atomic E-state index is 0.0370. The molecule has 1 aliphatic rings. The monoisotopic (exact) mass is 443 g/mol. The number of halogens is 1. The first-order chi connectivity index (χ1) is 14.9. The first-order valence-corrected chi connectivity index (χ1v) is 10.7. The summed E-state index contributed by atoms with van der Waals surface area (Å²) in [6.45, 7) is 5.25. The topological polar surface area (TPSA) is 61.9 Å². The molecule has 1 aliphatic heterocycles. The largest absolute Gasteiger partial charge is 0.494 e. The van der Waals surface area contributed by atoms with Gasteiger partial charge in [0.1, 0.15) is 17.6 Å². The second kappa shape index (κ2) is 10.3. The highest BCUT2D eigenvalue weighted by Crippen LogP contribution is 2.24. The van der Waals surface area contributed by atoms with E-state index in [0.29, 0.717) is 30.5 Å². The van der Waals surface area contributed by atoms with Crippen molar-refractivity contribution in [3.63, 3.8) is 0 Å². The summed E-state index contributed by atoms with van der Waals surface area (Å²) in [4.78, 5) is 28.8. The molecule has 0 aliphatic carbocycles. The van der Waals surface area contributed by atoms with Gasteiger partial charge in [-0.3, -0.25) is 14.5 Å². The van der Waals surface area contributed by atoms with Crippen molar-refractivity contribution in [3.8, 4) is 5.75 Å². The lowest BCUT2D eigenvalue weighted by atomic mass is 10.1. The molecule has 8 heteroatoms. The zero-order valence-electron chi connectivity index (χ0n) is 17.6. The zero-order chi connectivity index (χ0) is 22.4. The molecule has 3 rings (SSSR count). The fraction of sp³-hybridized carbons (Fsp3) is 0.348. The van der Waals surface area contributed by atoms with Crippen molar-refractivity contribution in [2.75, 3.05) is 18.5 Å². The maximum atomic E-state index is 13.2. The molecule has 1 heterocycles. The Bertz CT molecular complexity index is 934. The van der Waals surface area contributed by atoms with E-state index in [2.05, 4.69) is 5.32 Å². The van der Waals surface area contributed by atoms with Crippen LogP contribution >= 0.6 is 12.2 Å². The summed E-state index contributed by atoms with van der Waals surface area (Å²) in [6.07, 6.45) is 0.879. The van der Waals surface area contributed by atoms with Crippen LogP contribution in [-0.4, -0.2) is 45.9 Å². The number of thiocarbonyl (C=S) groups is 1. The number of nitrogens with zero attached hydrogens (tertiary/aromatic N) is 2. The molecule has 0 aromatic heterocycles. The van der Waals surface area contributed by atoms with Gasteiger partial charge in [-0.15, -0.1) is 0 Å². The van der Waals surface area contributed by atoms with Crippen LogP contribution in [0.25, 0.3) is 0 Å². The normalized spacial score (nSPS) is 16.0. The first-order valence-electron chi connectivity index (χ1n) is 10.3. The predicted octanol–water partition coefficient (Wildman–Crippen LogP) is 3.96. The quantitative estimate of drug-likeness (QED) is 0.595. The number of likely N-dealkylation sites (N-methyl/N-ethyl adjacent to an activating group) is 1. The van der Waals surface area contributed by atoms with Crippen molar-refractivity contribution in [2.24, 2.45) is 0 Å². The van der Waals surface area contributed by atoms with E-state index < -0.39 is 6.04 Å². The molecule has 164 valence electrons. The maximum absolute atomic E-state index is 13.2. The molecule has 0 spiro atoms. The van der Waals surface area contributed by atoms with Gasteiger partial charge in [-0.25, -0.2) is 4.39 Å².